The van der Waals surface area contributed by atoms with Crippen LogP contribution in [0.1, 0.15) is 22.3 Å². The lowest BCUT2D eigenvalue weighted by molar-refractivity contribution is -0.112. The van der Waals surface area contributed by atoms with Crippen LogP contribution in [0.4, 0.5) is 5.69 Å². The number of hydrogen-bond acceptors (Lipinski definition) is 2. The molecule has 1 amide bonds. The number of benzene rings is 2. The zero-order valence-electron chi connectivity index (χ0n) is 13.3. The molecule has 0 saturated heterocycles. The molecule has 0 saturated carbocycles. The van der Waals surface area contributed by atoms with E-state index >= 15 is 0 Å². The van der Waals surface area contributed by atoms with Crippen molar-refractivity contribution in [2.24, 2.45) is 0 Å². The van der Waals surface area contributed by atoms with Crippen molar-refractivity contribution in [3.8, 4) is 6.07 Å². The minimum absolute atomic E-state index is 0.0479. The highest BCUT2D eigenvalue weighted by atomic mass is 35.5. The maximum atomic E-state index is 12.4. The fourth-order valence-corrected chi connectivity index (χ4v) is 2.56. The van der Waals surface area contributed by atoms with E-state index in [1.165, 1.54) is 0 Å². The fourth-order valence-electron chi connectivity index (χ4n) is 2.43. The van der Waals surface area contributed by atoms with Crippen LogP contribution in [0, 0.1) is 32.1 Å². The Labute approximate surface area is 141 Å². The lowest BCUT2D eigenvalue weighted by Gasteiger charge is -2.12. The van der Waals surface area contributed by atoms with Gasteiger partial charge in [-0.15, -0.1) is 0 Å². The number of nitrogens with one attached hydrogen (secondary N) is 1. The first-order valence-corrected chi connectivity index (χ1v) is 7.55. The van der Waals surface area contributed by atoms with Crippen LogP contribution in [0.2, 0.25) is 5.02 Å². The van der Waals surface area contributed by atoms with E-state index in [9.17, 15) is 10.1 Å². The fraction of sp³-hybridized carbons (Fsp3) is 0.158. The Morgan fingerprint density at radius 1 is 1.13 bits per heavy atom. The van der Waals surface area contributed by atoms with E-state index in [-0.39, 0.29) is 5.57 Å². The van der Waals surface area contributed by atoms with Crippen molar-refractivity contribution in [3.63, 3.8) is 0 Å². The number of carbonyl (C=O) groups excluding carboxylic acids is 1. The molecule has 0 aliphatic carbocycles. The number of nitriles is 1. The minimum atomic E-state index is -0.419. The number of hydrogen-bond donors (Lipinski definition) is 1. The molecule has 0 fully saturated rings. The molecule has 2 aromatic carbocycles. The maximum absolute atomic E-state index is 12.4. The highest BCUT2D eigenvalue weighted by Crippen LogP contribution is 2.23. The average molecular weight is 325 g/mol. The Morgan fingerprint density at radius 3 is 2.22 bits per heavy atom. The zero-order valence-corrected chi connectivity index (χ0v) is 14.0. The van der Waals surface area contributed by atoms with E-state index in [0.717, 1.165) is 27.9 Å². The Hall–Kier alpha value is -2.57. The van der Waals surface area contributed by atoms with Gasteiger partial charge in [-0.1, -0.05) is 41.4 Å². The zero-order chi connectivity index (χ0) is 17.0. The first kappa shape index (κ1) is 16.8. The molecule has 0 atom stereocenters. The molecule has 0 aromatic heterocycles. The monoisotopic (exact) mass is 324 g/mol. The number of nitrogens with zero attached hydrogens (tertiary/aromatic N) is 1. The molecule has 0 bridgehead atoms. The van der Waals surface area contributed by atoms with E-state index < -0.39 is 5.91 Å². The standard InChI is InChI=1S/C19H17ClN2O/c1-12-8-13(2)18(14(3)9-12)22-19(23)16(11-21)10-15-4-6-17(20)7-5-15/h4-10H,1-3H3,(H,22,23). The quantitative estimate of drug-likeness (QED) is 0.650. The molecule has 0 aliphatic rings. The van der Waals surface area contributed by atoms with E-state index in [1.54, 1.807) is 30.3 Å². The Bertz CT molecular complexity index is 791. The van der Waals surface area contributed by atoms with Crippen LogP contribution in [0.5, 0.6) is 0 Å². The highest BCUT2D eigenvalue weighted by molar-refractivity contribution is 6.30. The van der Waals surface area contributed by atoms with Crippen molar-refractivity contribution in [1.82, 2.24) is 0 Å². The lowest BCUT2D eigenvalue weighted by Crippen LogP contribution is -2.15. The van der Waals surface area contributed by atoms with Crippen LogP contribution in [-0.2, 0) is 4.79 Å². The number of carbonyl (C=O) groups is 1. The third-order valence-corrected chi connectivity index (χ3v) is 3.71. The van der Waals surface area contributed by atoms with Gasteiger partial charge in [0.25, 0.3) is 5.91 Å². The van der Waals surface area contributed by atoms with Crippen LogP contribution in [0.25, 0.3) is 6.08 Å². The maximum Gasteiger partial charge on any atom is 0.266 e. The summed E-state index contributed by atoms with van der Waals surface area (Å²) in [5.74, 6) is -0.419. The SMILES string of the molecule is Cc1cc(C)c(NC(=O)C(C#N)=Cc2ccc(Cl)cc2)c(C)c1. The second-order valence-electron chi connectivity index (χ2n) is 5.45. The van der Waals surface area contributed by atoms with E-state index in [4.69, 9.17) is 11.6 Å². The topological polar surface area (TPSA) is 52.9 Å². The average Bonchev–Trinajstić information content (AvgIpc) is 2.50. The minimum Gasteiger partial charge on any atom is -0.321 e. The molecule has 0 spiro atoms. The summed E-state index contributed by atoms with van der Waals surface area (Å²) in [5, 5.41) is 12.7. The van der Waals surface area contributed by atoms with Crippen molar-refractivity contribution >= 4 is 29.3 Å². The molecule has 0 unspecified atom stereocenters. The van der Waals surface area contributed by atoms with Crippen LogP contribution < -0.4 is 5.32 Å². The highest BCUT2D eigenvalue weighted by Gasteiger charge is 2.12. The third-order valence-electron chi connectivity index (χ3n) is 3.46. The lowest BCUT2D eigenvalue weighted by atomic mass is 10.0. The van der Waals surface area contributed by atoms with Crippen molar-refractivity contribution in [2.45, 2.75) is 20.8 Å². The van der Waals surface area contributed by atoms with Gasteiger partial charge in [0.05, 0.1) is 0 Å². The summed E-state index contributed by atoms with van der Waals surface area (Å²) in [6.07, 6.45) is 1.55. The van der Waals surface area contributed by atoms with Gasteiger partial charge in [0.1, 0.15) is 11.6 Å². The molecule has 0 aliphatic heterocycles. The van der Waals surface area contributed by atoms with Gasteiger partial charge in [-0.3, -0.25) is 4.79 Å². The predicted molar refractivity (Wildman–Crippen MR) is 94.3 cm³/mol. The normalized spacial score (nSPS) is 11.0. The summed E-state index contributed by atoms with van der Waals surface area (Å²) in [6.45, 7) is 5.88. The van der Waals surface area contributed by atoms with Gasteiger partial charge in [-0.2, -0.15) is 5.26 Å². The largest absolute Gasteiger partial charge is 0.321 e. The Balaban J connectivity index is 2.28. The molecule has 0 heterocycles. The Morgan fingerprint density at radius 2 is 1.70 bits per heavy atom. The summed E-state index contributed by atoms with van der Waals surface area (Å²) in [5.41, 5.74) is 4.62. The van der Waals surface area contributed by atoms with Gasteiger partial charge in [0.15, 0.2) is 0 Å². The van der Waals surface area contributed by atoms with Crippen LogP contribution in [-0.4, -0.2) is 5.91 Å². The number of anilines is 1. The van der Waals surface area contributed by atoms with Gasteiger partial charge in [-0.25, -0.2) is 0 Å². The van der Waals surface area contributed by atoms with Crippen molar-refractivity contribution in [3.05, 3.63) is 69.2 Å². The van der Waals surface area contributed by atoms with Gasteiger partial charge >= 0.3 is 0 Å². The van der Waals surface area contributed by atoms with Crippen molar-refractivity contribution in [2.75, 3.05) is 5.32 Å². The number of halogens is 1. The predicted octanol–water partition coefficient (Wildman–Crippen LogP) is 4.81. The van der Waals surface area contributed by atoms with E-state index in [0.29, 0.717) is 5.02 Å². The van der Waals surface area contributed by atoms with Gasteiger partial charge in [0.2, 0.25) is 0 Å². The molecule has 2 rings (SSSR count). The molecule has 3 nitrogen and oxygen atoms in total. The summed E-state index contributed by atoms with van der Waals surface area (Å²) >= 11 is 5.83. The van der Waals surface area contributed by atoms with Crippen LogP contribution in [0.15, 0.2) is 42.0 Å². The molecule has 1 N–H and O–H groups in total. The molecule has 0 radical (unpaired) electrons. The number of rotatable bonds is 3. The van der Waals surface area contributed by atoms with Crippen LogP contribution >= 0.6 is 11.6 Å². The van der Waals surface area contributed by atoms with Gasteiger partial charge in [-0.05, 0) is 55.7 Å². The molecule has 23 heavy (non-hydrogen) atoms. The van der Waals surface area contributed by atoms with Crippen LogP contribution in [0.3, 0.4) is 0 Å². The summed E-state index contributed by atoms with van der Waals surface area (Å²) < 4.78 is 0. The van der Waals surface area contributed by atoms with Gasteiger partial charge in [0, 0.05) is 10.7 Å². The van der Waals surface area contributed by atoms with Crippen molar-refractivity contribution in [1.29, 1.82) is 5.26 Å². The molecule has 116 valence electrons. The first-order valence-electron chi connectivity index (χ1n) is 7.17. The second kappa shape index (κ2) is 7.13. The summed E-state index contributed by atoms with van der Waals surface area (Å²) in [6, 6.07) is 12.9. The van der Waals surface area contributed by atoms with E-state index in [2.05, 4.69) is 5.32 Å². The van der Waals surface area contributed by atoms with Gasteiger partial charge < -0.3 is 5.32 Å². The summed E-state index contributed by atoms with van der Waals surface area (Å²) in [4.78, 5) is 12.4. The number of aryl methyl sites for hydroxylation is 3. The Kier molecular flexibility index (Phi) is 5.20. The first-order chi connectivity index (χ1) is 10.9. The number of amides is 1. The molecular formula is C19H17ClN2O. The molecule has 2 aromatic rings. The smallest absolute Gasteiger partial charge is 0.266 e. The summed E-state index contributed by atoms with van der Waals surface area (Å²) in [7, 11) is 0. The molecular weight excluding hydrogens is 308 g/mol. The van der Waals surface area contributed by atoms with E-state index in [1.807, 2.05) is 39.0 Å². The van der Waals surface area contributed by atoms with Crippen molar-refractivity contribution < 1.29 is 4.79 Å². The molecule has 4 heteroatoms. The third kappa shape index (κ3) is 4.21. The second-order valence-corrected chi connectivity index (χ2v) is 5.89.